The molecule has 1 rings (SSSR count). The Bertz CT molecular complexity index is 421. The molecule has 3 nitrogen and oxygen atoms in total. The maximum absolute atomic E-state index is 10.8. The highest BCUT2D eigenvalue weighted by molar-refractivity contribution is 6.31. The van der Waals surface area contributed by atoms with Gasteiger partial charge >= 0.3 is 5.97 Å². The Labute approximate surface area is 86.5 Å². The van der Waals surface area contributed by atoms with Crippen LogP contribution in [0.1, 0.15) is 28.4 Å². The van der Waals surface area contributed by atoms with E-state index in [-0.39, 0.29) is 10.6 Å². The Kier molecular flexibility index (Phi) is 3.10. The summed E-state index contributed by atoms with van der Waals surface area (Å²) in [7, 11) is 0. The molecule has 72 valence electrons. The summed E-state index contributed by atoms with van der Waals surface area (Å²) < 4.78 is 0. The highest BCUT2D eigenvalue weighted by Crippen LogP contribution is 2.21. The molecule has 1 aromatic carbocycles. The molecule has 1 aromatic rings. The SMILES string of the molecule is CCc1c(C#N)cc(Cl)cc1C(=O)O. The van der Waals surface area contributed by atoms with Crippen LogP contribution in [0.5, 0.6) is 0 Å². The van der Waals surface area contributed by atoms with E-state index in [4.69, 9.17) is 22.0 Å². The van der Waals surface area contributed by atoms with Crippen LogP contribution in [-0.4, -0.2) is 11.1 Å². The lowest BCUT2D eigenvalue weighted by molar-refractivity contribution is 0.0695. The van der Waals surface area contributed by atoms with Gasteiger partial charge in [-0.3, -0.25) is 0 Å². The first-order valence-electron chi connectivity index (χ1n) is 4.06. The van der Waals surface area contributed by atoms with Gasteiger partial charge in [0.05, 0.1) is 17.2 Å². The summed E-state index contributed by atoms with van der Waals surface area (Å²) in [5.41, 5.74) is 0.971. The number of carboxylic acids is 1. The minimum atomic E-state index is -1.05. The Morgan fingerprint density at radius 1 is 1.64 bits per heavy atom. The third-order valence-corrected chi connectivity index (χ3v) is 2.14. The molecule has 0 spiro atoms. The molecule has 0 radical (unpaired) electrons. The summed E-state index contributed by atoms with van der Waals surface area (Å²) in [5, 5.41) is 17.9. The smallest absolute Gasteiger partial charge is 0.336 e. The molecule has 0 aromatic heterocycles. The van der Waals surface area contributed by atoms with Crippen LogP contribution < -0.4 is 0 Å². The van der Waals surface area contributed by atoms with Crippen LogP contribution in [0.25, 0.3) is 0 Å². The van der Waals surface area contributed by atoms with Gasteiger partial charge in [-0.15, -0.1) is 0 Å². The first kappa shape index (κ1) is 10.6. The van der Waals surface area contributed by atoms with Gasteiger partial charge < -0.3 is 5.11 Å². The minimum absolute atomic E-state index is 0.108. The lowest BCUT2D eigenvalue weighted by atomic mass is 9.99. The molecule has 0 saturated heterocycles. The number of carboxylic acid groups (broad SMARTS) is 1. The van der Waals surface area contributed by atoms with Crippen molar-refractivity contribution in [2.45, 2.75) is 13.3 Å². The van der Waals surface area contributed by atoms with Gasteiger partial charge in [-0.25, -0.2) is 4.79 Å². The average molecular weight is 210 g/mol. The summed E-state index contributed by atoms with van der Waals surface area (Å²) in [6, 6.07) is 4.78. The van der Waals surface area contributed by atoms with E-state index in [1.807, 2.05) is 6.07 Å². The van der Waals surface area contributed by atoms with E-state index in [1.54, 1.807) is 6.92 Å². The molecule has 14 heavy (non-hydrogen) atoms. The Morgan fingerprint density at radius 3 is 2.71 bits per heavy atom. The maximum Gasteiger partial charge on any atom is 0.336 e. The van der Waals surface area contributed by atoms with Crippen molar-refractivity contribution in [1.29, 1.82) is 5.26 Å². The van der Waals surface area contributed by atoms with Crippen molar-refractivity contribution in [3.05, 3.63) is 33.8 Å². The summed E-state index contributed by atoms with van der Waals surface area (Å²) in [6.45, 7) is 1.80. The number of rotatable bonds is 2. The molecule has 0 atom stereocenters. The normalized spacial score (nSPS) is 9.50. The van der Waals surface area contributed by atoms with Crippen LogP contribution in [0.2, 0.25) is 5.02 Å². The van der Waals surface area contributed by atoms with Crippen molar-refractivity contribution in [2.24, 2.45) is 0 Å². The third-order valence-electron chi connectivity index (χ3n) is 1.92. The van der Waals surface area contributed by atoms with Gasteiger partial charge in [0.1, 0.15) is 0 Å². The van der Waals surface area contributed by atoms with Crippen molar-refractivity contribution in [1.82, 2.24) is 0 Å². The molecule has 0 unspecified atom stereocenters. The zero-order valence-corrected chi connectivity index (χ0v) is 8.30. The lowest BCUT2D eigenvalue weighted by Crippen LogP contribution is -2.04. The number of aromatic carboxylic acids is 1. The highest BCUT2D eigenvalue weighted by atomic mass is 35.5. The van der Waals surface area contributed by atoms with Gasteiger partial charge in [0, 0.05) is 5.02 Å². The molecule has 0 fully saturated rings. The largest absolute Gasteiger partial charge is 0.478 e. The van der Waals surface area contributed by atoms with Crippen LogP contribution in [0.3, 0.4) is 0 Å². The number of nitriles is 1. The second-order valence-corrected chi connectivity index (χ2v) is 3.19. The van der Waals surface area contributed by atoms with Crippen molar-refractivity contribution < 1.29 is 9.90 Å². The van der Waals surface area contributed by atoms with E-state index >= 15 is 0 Å². The van der Waals surface area contributed by atoms with Crippen molar-refractivity contribution >= 4 is 17.6 Å². The molecular weight excluding hydrogens is 202 g/mol. The van der Waals surface area contributed by atoms with Gasteiger partial charge in [-0.1, -0.05) is 18.5 Å². The molecule has 0 bridgehead atoms. The summed E-state index contributed by atoms with van der Waals surface area (Å²) in [6.07, 6.45) is 0.502. The fraction of sp³-hybridized carbons (Fsp3) is 0.200. The zero-order valence-electron chi connectivity index (χ0n) is 7.54. The van der Waals surface area contributed by atoms with Gasteiger partial charge in [-0.2, -0.15) is 5.26 Å². The van der Waals surface area contributed by atoms with Gasteiger partial charge in [0.2, 0.25) is 0 Å². The molecule has 0 aliphatic rings. The fourth-order valence-corrected chi connectivity index (χ4v) is 1.53. The van der Waals surface area contributed by atoms with Crippen LogP contribution in [0.4, 0.5) is 0 Å². The average Bonchev–Trinajstić information content (AvgIpc) is 2.16. The van der Waals surface area contributed by atoms with E-state index in [0.717, 1.165) is 0 Å². The van der Waals surface area contributed by atoms with E-state index in [0.29, 0.717) is 17.5 Å². The summed E-state index contributed by atoms with van der Waals surface area (Å²) in [5.74, 6) is -1.05. The number of hydrogen-bond donors (Lipinski definition) is 1. The predicted octanol–water partition coefficient (Wildman–Crippen LogP) is 2.47. The first-order valence-corrected chi connectivity index (χ1v) is 4.43. The second-order valence-electron chi connectivity index (χ2n) is 2.75. The lowest BCUT2D eigenvalue weighted by Gasteiger charge is -2.05. The molecule has 0 aliphatic heterocycles. The third kappa shape index (κ3) is 1.86. The van der Waals surface area contributed by atoms with E-state index < -0.39 is 5.97 Å². The Morgan fingerprint density at radius 2 is 2.29 bits per heavy atom. The molecule has 1 N–H and O–H groups in total. The van der Waals surface area contributed by atoms with Crippen LogP contribution >= 0.6 is 11.6 Å². The number of hydrogen-bond acceptors (Lipinski definition) is 2. The van der Waals surface area contributed by atoms with Gasteiger partial charge in [-0.05, 0) is 24.1 Å². The van der Waals surface area contributed by atoms with Crippen LogP contribution in [-0.2, 0) is 6.42 Å². The molecule has 0 amide bonds. The summed E-state index contributed by atoms with van der Waals surface area (Å²) >= 11 is 5.69. The van der Waals surface area contributed by atoms with Crippen molar-refractivity contribution in [3.8, 4) is 6.07 Å². The first-order chi connectivity index (χ1) is 6.60. The Hall–Kier alpha value is -1.53. The summed E-state index contributed by atoms with van der Waals surface area (Å²) in [4.78, 5) is 10.8. The number of nitrogens with zero attached hydrogens (tertiary/aromatic N) is 1. The standard InChI is InChI=1S/C10H8ClNO2/c1-2-8-6(5-12)3-7(11)4-9(8)10(13)14/h3-4H,2H2,1H3,(H,13,14). The molecular formula is C10H8ClNO2. The molecule has 0 saturated carbocycles. The predicted molar refractivity (Wildman–Crippen MR) is 52.5 cm³/mol. The van der Waals surface area contributed by atoms with Gasteiger partial charge in [0.25, 0.3) is 0 Å². The molecule has 4 heteroatoms. The van der Waals surface area contributed by atoms with E-state index in [1.165, 1.54) is 12.1 Å². The maximum atomic E-state index is 10.8. The van der Waals surface area contributed by atoms with Crippen LogP contribution in [0, 0.1) is 11.3 Å². The van der Waals surface area contributed by atoms with Crippen LogP contribution in [0.15, 0.2) is 12.1 Å². The zero-order chi connectivity index (χ0) is 10.7. The molecule has 0 aliphatic carbocycles. The fourth-order valence-electron chi connectivity index (χ4n) is 1.31. The highest BCUT2D eigenvalue weighted by Gasteiger charge is 2.13. The van der Waals surface area contributed by atoms with Crippen molar-refractivity contribution in [2.75, 3.05) is 0 Å². The van der Waals surface area contributed by atoms with E-state index in [2.05, 4.69) is 0 Å². The monoisotopic (exact) mass is 209 g/mol. The Balaban J connectivity index is 3.49. The van der Waals surface area contributed by atoms with E-state index in [9.17, 15) is 4.79 Å². The molecule has 0 heterocycles. The number of benzene rings is 1. The number of halogens is 1. The minimum Gasteiger partial charge on any atom is -0.478 e. The quantitative estimate of drug-likeness (QED) is 0.814. The van der Waals surface area contributed by atoms with Gasteiger partial charge in [0.15, 0.2) is 0 Å². The van der Waals surface area contributed by atoms with Crippen molar-refractivity contribution in [3.63, 3.8) is 0 Å². The topological polar surface area (TPSA) is 61.1 Å². The number of carbonyl (C=O) groups is 1. The second kappa shape index (κ2) is 4.12.